The zero-order valence-corrected chi connectivity index (χ0v) is 17.1. The summed E-state index contributed by atoms with van der Waals surface area (Å²) in [4.78, 5) is 24.1. The van der Waals surface area contributed by atoms with Gasteiger partial charge in [0, 0.05) is 13.0 Å². The molecule has 0 radical (unpaired) electrons. The van der Waals surface area contributed by atoms with Crippen LogP contribution in [0.1, 0.15) is 64.5 Å². The van der Waals surface area contributed by atoms with E-state index >= 15 is 0 Å². The van der Waals surface area contributed by atoms with Crippen LogP contribution < -0.4 is 4.74 Å². The van der Waals surface area contributed by atoms with Crippen molar-refractivity contribution in [3.05, 3.63) is 29.8 Å². The number of alkyl halides is 3. The van der Waals surface area contributed by atoms with Crippen molar-refractivity contribution in [2.45, 2.75) is 70.7 Å². The molecule has 1 atom stereocenters. The Bertz CT molecular complexity index is 695. The van der Waals surface area contributed by atoms with Gasteiger partial charge in [-0.3, -0.25) is 9.59 Å². The van der Waals surface area contributed by atoms with Gasteiger partial charge in [-0.2, -0.15) is 13.2 Å². The number of unbranched alkanes of at least 4 members (excludes halogenated alkanes) is 1. The SMILES string of the molecule is CC(C)(C)OC(=O)CCCCOc1ccc(C2CCCN2C(=O)C(F)(F)F)cc1. The summed E-state index contributed by atoms with van der Waals surface area (Å²) in [7, 11) is 0. The Morgan fingerprint density at radius 3 is 2.34 bits per heavy atom. The number of rotatable bonds is 7. The van der Waals surface area contributed by atoms with Gasteiger partial charge < -0.3 is 14.4 Å². The lowest BCUT2D eigenvalue weighted by molar-refractivity contribution is -0.186. The highest BCUT2D eigenvalue weighted by Gasteiger charge is 2.46. The first-order valence-electron chi connectivity index (χ1n) is 9.80. The maximum absolute atomic E-state index is 12.7. The highest BCUT2D eigenvalue weighted by molar-refractivity contribution is 5.82. The summed E-state index contributed by atoms with van der Waals surface area (Å²) in [5, 5.41) is 0. The predicted octanol–water partition coefficient (Wildman–Crippen LogP) is 4.80. The van der Waals surface area contributed by atoms with Crippen molar-refractivity contribution >= 4 is 11.9 Å². The van der Waals surface area contributed by atoms with Crippen molar-refractivity contribution < 1.29 is 32.2 Å². The first-order chi connectivity index (χ1) is 13.5. The fourth-order valence-electron chi connectivity index (χ4n) is 3.26. The Labute approximate surface area is 169 Å². The lowest BCUT2D eigenvalue weighted by Gasteiger charge is -2.26. The van der Waals surface area contributed by atoms with Crippen LogP contribution in [0.5, 0.6) is 5.75 Å². The van der Waals surface area contributed by atoms with E-state index < -0.39 is 23.7 Å². The Morgan fingerprint density at radius 1 is 1.10 bits per heavy atom. The molecule has 162 valence electrons. The average Bonchev–Trinajstić information content (AvgIpc) is 3.08. The predicted molar refractivity (Wildman–Crippen MR) is 101 cm³/mol. The van der Waals surface area contributed by atoms with Gasteiger partial charge >= 0.3 is 18.1 Å². The van der Waals surface area contributed by atoms with Crippen molar-refractivity contribution in [1.82, 2.24) is 4.90 Å². The molecule has 1 fully saturated rings. The lowest BCUT2D eigenvalue weighted by atomic mass is 10.0. The molecule has 1 aromatic carbocycles. The summed E-state index contributed by atoms with van der Waals surface area (Å²) < 4.78 is 49.1. The number of nitrogens with zero attached hydrogens (tertiary/aromatic N) is 1. The Balaban J connectivity index is 1.79. The van der Waals surface area contributed by atoms with E-state index in [-0.39, 0.29) is 12.5 Å². The largest absolute Gasteiger partial charge is 0.494 e. The molecule has 0 bridgehead atoms. The van der Waals surface area contributed by atoms with Crippen molar-refractivity contribution in [3.63, 3.8) is 0 Å². The van der Waals surface area contributed by atoms with Crippen molar-refractivity contribution in [1.29, 1.82) is 0 Å². The first kappa shape index (κ1) is 23.0. The third-order valence-corrected chi connectivity index (χ3v) is 4.49. The summed E-state index contributed by atoms with van der Waals surface area (Å²) in [6, 6.07) is 6.22. The van der Waals surface area contributed by atoms with E-state index in [9.17, 15) is 22.8 Å². The molecule has 1 aliphatic rings. The molecule has 0 saturated carbocycles. The highest BCUT2D eigenvalue weighted by Crippen LogP contribution is 2.35. The molecule has 1 amide bonds. The Hall–Kier alpha value is -2.25. The van der Waals surface area contributed by atoms with Crippen LogP contribution in [0.3, 0.4) is 0 Å². The van der Waals surface area contributed by atoms with Gasteiger partial charge in [0.05, 0.1) is 12.6 Å². The van der Waals surface area contributed by atoms with Crippen LogP contribution >= 0.6 is 0 Å². The molecule has 1 unspecified atom stereocenters. The van der Waals surface area contributed by atoms with Gasteiger partial charge in [0.15, 0.2) is 0 Å². The number of ether oxygens (including phenoxy) is 2. The van der Waals surface area contributed by atoms with E-state index in [1.54, 1.807) is 24.3 Å². The third kappa shape index (κ3) is 7.25. The molecule has 2 rings (SSSR count). The maximum atomic E-state index is 12.7. The Kier molecular flexibility index (Phi) is 7.54. The van der Waals surface area contributed by atoms with E-state index in [1.807, 2.05) is 20.8 Å². The fraction of sp³-hybridized carbons (Fsp3) is 0.619. The van der Waals surface area contributed by atoms with Crippen LogP contribution in [0.25, 0.3) is 0 Å². The quantitative estimate of drug-likeness (QED) is 0.474. The number of carbonyl (C=O) groups excluding carboxylic acids is 2. The molecule has 0 aromatic heterocycles. The second kappa shape index (κ2) is 9.50. The second-order valence-corrected chi connectivity index (χ2v) is 8.12. The molecule has 1 heterocycles. The molecule has 1 aromatic rings. The first-order valence-corrected chi connectivity index (χ1v) is 9.80. The molecule has 0 N–H and O–H groups in total. The number of halogens is 3. The smallest absolute Gasteiger partial charge is 0.471 e. The van der Waals surface area contributed by atoms with Gasteiger partial charge in [-0.1, -0.05) is 12.1 Å². The summed E-state index contributed by atoms with van der Waals surface area (Å²) >= 11 is 0. The van der Waals surface area contributed by atoms with E-state index in [4.69, 9.17) is 9.47 Å². The minimum Gasteiger partial charge on any atom is -0.494 e. The minimum absolute atomic E-state index is 0.110. The molecule has 29 heavy (non-hydrogen) atoms. The summed E-state index contributed by atoms with van der Waals surface area (Å²) in [5.74, 6) is -1.43. The number of hydrogen-bond acceptors (Lipinski definition) is 4. The summed E-state index contributed by atoms with van der Waals surface area (Å²) in [6.45, 7) is 5.99. The van der Waals surface area contributed by atoms with Crippen LogP contribution in [0.15, 0.2) is 24.3 Å². The molecule has 8 heteroatoms. The average molecular weight is 415 g/mol. The number of esters is 1. The van der Waals surface area contributed by atoms with E-state index in [1.165, 1.54) is 0 Å². The summed E-state index contributed by atoms with van der Waals surface area (Å²) in [5.41, 5.74) is 0.173. The van der Waals surface area contributed by atoms with Gasteiger partial charge in [-0.25, -0.2) is 0 Å². The van der Waals surface area contributed by atoms with Crippen molar-refractivity contribution in [3.8, 4) is 5.75 Å². The monoisotopic (exact) mass is 415 g/mol. The third-order valence-electron chi connectivity index (χ3n) is 4.49. The van der Waals surface area contributed by atoms with Crippen LogP contribution in [0.4, 0.5) is 13.2 Å². The van der Waals surface area contributed by atoms with Crippen molar-refractivity contribution in [2.75, 3.05) is 13.2 Å². The van der Waals surface area contributed by atoms with Crippen LogP contribution in [0, 0.1) is 0 Å². The number of likely N-dealkylation sites (tertiary alicyclic amines) is 1. The van der Waals surface area contributed by atoms with Gasteiger partial charge in [-0.05, 0) is 64.2 Å². The van der Waals surface area contributed by atoms with Crippen LogP contribution in [0.2, 0.25) is 0 Å². The molecule has 5 nitrogen and oxygen atoms in total. The zero-order chi connectivity index (χ0) is 21.7. The van der Waals surface area contributed by atoms with E-state index in [0.717, 1.165) is 4.90 Å². The number of carbonyl (C=O) groups is 2. The van der Waals surface area contributed by atoms with Crippen LogP contribution in [-0.2, 0) is 14.3 Å². The number of benzene rings is 1. The van der Waals surface area contributed by atoms with Gasteiger partial charge in [0.2, 0.25) is 0 Å². The fourth-order valence-corrected chi connectivity index (χ4v) is 3.26. The van der Waals surface area contributed by atoms with Gasteiger partial charge in [-0.15, -0.1) is 0 Å². The molecule has 1 saturated heterocycles. The molecular weight excluding hydrogens is 387 g/mol. The van der Waals surface area contributed by atoms with Crippen molar-refractivity contribution in [2.24, 2.45) is 0 Å². The molecule has 0 spiro atoms. The van der Waals surface area contributed by atoms with E-state index in [0.29, 0.717) is 50.0 Å². The maximum Gasteiger partial charge on any atom is 0.471 e. The highest BCUT2D eigenvalue weighted by atomic mass is 19.4. The Morgan fingerprint density at radius 2 is 1.76 bits per heavy atom. The van der Waals surface area contributed by atoms with Gasteiger partial charge in [0.1, 0.15) is 11.4 Å². The lowest BCUT2D eigenvalue weighted by Crippen LogP contribution is -2.40. The van der Waals surface area contributed by atoms with E-state index in [2.05, 4.69) is 0 Å². The van der Waals surface area contributed by atoms with Crippen LogP contribution in [-0.4, -0.2) is 41.7 Å². The molecule has 1 aliphatic heterocycles. The normalized spacial score (nSPS) is 17.3. The minimum atomic E-state index is -4.86. The number of amides is 1. The standard InChI is InChI=1S/C21H28F3NO4/c1-20(2,3)29-18(26)8-4-5-14-28-16-11-9-15(10-12-16)17-7-6-13-25(17)19(27)21(22,23)24/h9-12,17H,4-8,13-14H2,1-3H3. The molecular formula is C21H28F3NO4. The summed E-state index contributed by atoms with van der Waals surface area (Å²) in [6.07, 6.45) is -2.16. The topological polar surface area (TPSA) is 55.8 Å². The number of hydrogen-bond donors (Lipinski definition) is 0. The zero-order valence-electron chi connectivity index (χ0n) is 17.1. The molecule has 0 aliphatic carbocycles. The van der Waals surface area contributed by atoms with Gasteiger partial charge in [0.25, 0.3) is 0 Å². The second-order valence-electron chi connectivity index (χ2n) is 8.12.